The second-order valence-corrected chi connectivity index (χ2v) is 5.87. The lowest BCUT2D eigenvalue weighted by Gasteiger charge is -2.28. The molecule has 18 heavy (non-hydrogen) atoms. The standard InChI is InChI=1S/C14H15BrF2O/c15-12-5-1-4-11(8-12)13(18)7-10-3-2-6-14(16,17)9-10/h1,4-5,8,10H,2-3,6-7,9H2. The Kier molecular flexibility index (Phi) is 4.15. The van der Waals surface area contributed by atoms with Crippen LogP contribution >= 0.6 is 15.9 Å². The lowest BCUT2D eigenvalue weighted by atomic mass is 9.82. The highest BCUT2D eigenvalue weighted by Gasteiger charge is 2.36. The largest absolute Gasteiger partial charge is 0.294 e. The Morgan fingerprint density at radius 2 is 2.22 bits per heavy atom. The summed E-state index contributed by atoms with van der Waals surface area (Å²) in [4.78, 5) is 12.0. The molecule has 4 heteroatoms. The van der Waals surface area contributed by atoms with Crippen LogP contribution in [0.4, 0.5) is 8.78 Å². The van der Waals surface area contributed by atoms with Gasteiger partial charge in [-0.2, -0.15) is 0 Å². The molecule has 98 valence electrons. The van der Waals surface area contributed by atoms with Crippen LogP contribution in [0.1, 0.15) is 42.5 Å². The second kappa shape index (κ2) is 5.47. The number of ketones is 1. The van der Waals surface area contributed by atoms with E-state index in [2.05, 4.69) is 15.9 Å². The summed E-state index contributed by atoms with van der Waals surface area (Å²) in [7, 11) is 0. The van der Waals surface area contributed by atoms with Crippen molar-refractivity contribution in [2.45, 2.75) is 38.0 Å². The molecule has 1 aromatic carbocycles. The lowest BCUT2D eigenvalue weighted by Crippen LogP contribution is -2.27. The number of rotatable bonds is 3. The van der Waals surface area contributed by atoms with Gasteiger partial charge in [-0.1, -0.05) is 28.1 Å². The minimum absolute atomic E-state index is 0.0332. The molecule has 0 saturated heterocycles. The van der Waals surface area contributed by atoms with Crippen LogP contribution in [0.5, 0.6) is 0 Å². The van der Waals surface area contributed by atoms with E-state index in [1.807, 2.05) is 6.07 Å². The molecule has 2 rings (SSSR count). The Morgan fingerprint density at radius 3 is 2.89 bits per heavy atom. The summed E-state index contributed by atoms with van der Waals surface area (Å²) in [5.41, 5.74) is 0.596. The molecule has 0 spiro atoms. The van der Waals surface area contributed by atoms with Crippen LogP contribution in [-0.2, 0) is 0 Å². The van der Waals surface area contributed by atoms with Crippen molar-refractivity contribution in [3.05, 3.63) is 34.3 Å². The normalized spacial score (nSPS) is 22.7. The summed E-state index contributed by atoms with van der Waals surface area (Å²) in [5, 5.41) is 0. The maximum atomic E-state index is 13.3. The zero-order valence-electron chi connectivity index (χ0n) is 9.96. The van der Waals surface area contributed by atoms with E-state index in [0.717, 1.165) is 10.9 Å². The van der Waals surface area contributed by atoms with Crippen LogP contribution in [0, 0.1) is 5.92 Å². The van der Waals surface area contributed by atoms with E-state index in [9.17, 15) is 13.6 Å². The molecule has 1 nitrogen and oxygen atoms in total. The summed E-state index contributed by atoms with van der Waals surface area (Å²) in [5.74, 6) is -2.81. The minimum Gasteiger partial charge on any atom is -0.294 e. The smallest absolute Gasteiger partial charge is 0.248 e. The first-order valence-corrected chi connectivity index (χ1v) is 6.92. The van der Waals surface area contributed by atoms with Gasteiger partial charge in [-0.25, -0.2) is 8.78 Å². The molecule has 1 aliphatic carbocycles. The molecule has 1 saturated carbocycles. The Hall–Kier alpha value is -0.770. The SMILES string of the molecule is O=C(CC1CCCC(F)(F)C1)c1cccc(Br)c1. The Morgan fingerprint density at radius 1 is 1.44 bits per heavy atom. The molecule has 0 aromatic heterocycles. The maximum Gasteiger partial charge on any atom is 0.248 e. The zero-order chi connectivity index (χ0) is 13.2. The molecular formula is C14H15BrF2O. The van der Waals surface area contributed by atoms with Gasteiger partial charge in [0.05, 0.1) is 0 Å². The van der Waals surface area contributed by atoms with Crippen LogP contribution in [0.3, 0.4) is 0 Å². The third-order valence-electron chi connectivity index (χ3n) is 3.36. The van der Waals surface area contributed by atoms with Gasteiger partial charge in [-0.05, 0) is 30.9 Å². The molecule has 1 atom stereocenters. The van der Waals surface area contributed by atoms with Crippen molar-refractivity contribution >= 4 is 21.7 Å². The van der Waals surface area contributed by atoms with Crippen LogP contribution in [0.15, 0.2) is 28.7 Å². The third kappa shape index (κ3) is 3.61. The molecule has 0 radical (unpaired) electrons. The van der Waals surface area contributed by atoms with E-state index in [-0.39, 0.29) is 31.0 Å². The average Bonchev–Trinajstić information content (AvgIpc) is 2.27. The Balaban J connectivity index is 1.99. The number of alkyl halides is 2. The van der Waals surface area contributed by atoms with E-state index in [0.29, 0.717) is 12.0 Å². The second-order valence-electron chi connectivity index (χ2n) is 4.96. The molecular weight excluding hydrogens is 302 g/mol. The Bertz CT molecular complexity index is 445. The molecule has 0 bridgehead atoms. The number of Topliss-reactive ketones (excluding diaryl/α,β-unsaturated/α-hetero) is 1. The van der Waals surface area contributed by atoms with Gasteiger partial charge in [0.25, 0.3) is 0 Å². The number of hydrogen-bond acceptors (Lipinski definition) is 1. The number of hydrogen-bond donors (Lipinski definition) is 0. The maximum absolute atomic E-state index is 13.3. The van der Waals surface area contributed by atoms with Crippen LogP contribution in [0.25, 0.3) is 0 Å². The van der Waals surface area contributed by atoms with Gasteiger partial charge >= 0.3 is 0 Å². The monoisotopic (exact) mass is 316 g/mol. The number of benzene rings is 1. The highest BCUT2D eigenvalue weighted by molar-refractivity contribution is 9.10. The van der Waals surface area contributed by atoms with Gasteiger partial charge in [-0.15, -0.1) is 0 Å². The fraction of sp³-hybridized carbons (Fsp3) is 0.500. The van der Waals surface area contributed by atoms with Gasteiger partial charge in [0, 0.05) is 29.3 Å². The molecule has 0 heterocycles. The number of carbonyl (C=O) groups is 1. The van der Waals surface area contributed by atoms with E-state index < -0.39 is 5.92 Å². The predicted molar refractivity (Wildman–Crippen MR) is 70.0 cm³/mol. The first-order valence-electron chi connectivity index (χ1n) is 6.13. The lowest BCUT2D eigenvalue weighted by molar-refractivity contribution is -0.0521. The van der Waals surface area contributed by atoms with Crippen molar-refractivity contribution in [3.8, 4) is 0 Å². The van der Waals surface area contributed by atoms with Gasteiger partial charge in [-0.3, -0.25) is 4.79 Å². The molecule has 1 aromatic rings. The van der Waals surface area contributed by atoms with Gasteiger partial charge < -0.3 is 0 Å². The van der Waals surface area contributed by atoms with Crippen molar-refractivity contribution in [1.29, 1.82) is 0 Å². The van der Waals surface area contributed by atoms with Gasteiger partial charge in [0.1, 0.15) is 0 Å². The van der Waals surface area contributed by atoms with Crippen LogP contribution in [0.2, 0.25) is 0 Å². The highest BCUT2D eigenvalue weighted by atomic mass is 79.9. The van der Waals surface area contributed by atoms with E-state index in [4.69, 9.17) is 0 Å². The van der Waals surface area contributed by atoms with Crippen molar-refractivity contribution in [3.63, 3.8) is 0 Å². The molecule has 1 unspecified atom stereocenters. The highest BCUT2D eigenvalue weighted by Crippen LogP contribution is 2.38. The summed E-state index contributed by atoms with van der Waals surface area (Å²) < 4.78 is 27.3. The number of carbonyl (C=O) groups excluding carboxylic acids is 1. The molecule has 0 amide bonds. The fourth-order valence-corrected chi connectivity index (χ4v) is 2.89. The van der Waals surface area contributed by atoms with E-state index in [1.54, 1.807) is 18.2 Å². The summed E-state index contributed by atoms with van der Waals surface area (Å²) in [6.45, 7) is 0. The first-order chi connectivity index (χ1) is 8.46. The zero-order valence-corrected chi connectivity index (χ0v) is 11.6. The molecule has 1 aliphatic rings. The predicted octanol–water partition coefficient (Wildman–Crippen LogP) is 4.85. The van der Waals surface area contributed by atoms with E-state index in [1.165, 1.54) is 0 Å². The summed E-state index contributed by atoms with van der Waals surface area (Å²) >= 11 is 3.30. The van der Waals surface area contributed by atoms with Crippen molar-refractivity contribution in [2.75, 3.05) is 0 Å². The minimum atomic E-state index is -2.58. The van der Waals surface area contributed by atoms with Crippen molar-refractivity contribution in [1.82, 2.24) is 0 Å². The first kappa shape index (κ1) is 13.7. The van der Waals surface area contributed by atoms with Crippen LogP contribution in [-0.4, -0.2) is 11.7 Å². The van der Waals surface area contributed by atoms with E-state index >= 15 is 0 Å². The van der Waals surface area contributed by atoms with Gasteiger partial charge in [0.2, 0.25) is 5.92 Å². The average molecular weight is 317 g/mol. The molecule has 1 fully saturated rings. The van der Waals surface area contributed by atoms with Crippen molar-refractivity contribution in [2.24, 2.45) is 5.92 Å². The molecule has 0 aliphatic heterocycles. The quantitative estimate of drug-likeness (QED) is 0.729. The summed E-state index contributed by atoms with van der Waals surface area (Å²) in [6, 6.07) is 7.09. The third-order valence-corrected chi connectivity index (χ3v) is 3.86. The van der Waals surface area contributed by atoms with Crippen LogP contribution < -0.4 is 0 Å². The number of halogens is 3. The molecule has 0 N–H and O–H groups in total. The fourth-order valence-electron chi connectivity index (χ4n) is 2.49. The Labute approximate surface area is 114 Å². The van der Waals surface area contributed by atoms with Crippen molar-refractivity contribution < 1.29 is 13.6 Å². The topological polar surface area (TPSA) is 17.1 Å². The summed E-state index contributed by atoms with van der Waals surface area (Å²) in [6.07, 6.45) is 1.30. The van der Waals surface area contributed by atoms with Gasteiger partial charge in [0.15, 0.2) is 5.78 Å².